The van der Waals surface area contributed by atoms with Crippen LogP contribution in [-0.2, 0) is 12.0 Å². The van der Waals surface area contributed by atoms with Crippen molar-refractivity contribution in [1.82, 2.24) is 0 Å². The predicted molar refractivity (Wildman–Crippen MR) is 59.7 cm³/mol. The number of halogens is 1. The zero-order valence-electron chi connectivity index (χ0n) is 8.76. The molecule has 0 heterocycles. The van der Waals surface area contributed by atoms with Crippen LogP contribution in [0.15, 0.2) is 12.1 Å². The van der Waals surface area contributed by atoms with E-state index in [4.69, 9.17) is 17.3 Å². The molecular formula is C11H16ClNO. The Morgan fingerprint density at radius 3 is 2.43 bits per heavy atom. The summed E-state index contributed by atoms with van der Waals surface area (Å²) in [5.41, 5.74) is 6.90. The molecule has 0 amide bonds. The fourth-order valence-electron chi connectivity index (χ4n) is 1.42. The highest BCUT2D eigenvalue weighted by Gasteiger charge is 2.20. The topological polar surface area (TPSA) is 46.2 Å². The van der Waals surface area contributed by atoms with E-state index in [2.05, 4.69) is 0 Å². The molecule has 14 heavy (non-hydrogen) atoms. The zero-order valence-corrected chi connectivity index (χ0v) is 9.52. The van der Waals surface area contributed by atoms with E-state index >= 15 is 0 Å². The average molecular weight is 214 g/mol. The number of phenols is 1. The second-order valence-corrected chi connectivity index (χ2v) is 4.47. The summed E-state index contributed by atoms with van der Waals surface area (Å²) in [5, 5.41) is 10.5. The molecule has 2 nitrogen and oxygen atoms in total. The van der Waals surface area contributed by atoms with Crippen LogP contribution in [0, 0.1) is 0 Å². The van der Waals surface area contributed by atoms with Gasteiger partial charge in [-0.3, -0.25) is 0 Å². The summed E-state index contributed by atoms with van der Waals surface area (Å²) in [5.74, 6) is 0.268. The summed E-state index contributed by atoms with van der Waals surface area (Å²) < 4.78 is 0. The Balaban J connectivity index is 3.37. The molecule has 1 rings (SSSR count). The lowest BCUT2D eigenvalue weighted by Gasteiger charge is -2.22. The third-order valence-electron chi connectivity index (χ3n) is 2.23. The largest absolute Gasteiger partial charge is 0.507 e. The van der Waals surface area contributed by atoms with Gasteiger partial charge in [-0.15, -0.1) is 0 Å². The van der Waals surface area contributed by atoms with Gasteiger partial charge in [0.25, 0.3) is 0 Å². The molecule has 0 unspecified atom stereocenters. The van der Waals surface area contributed by atoms with Crippen molar-refractivity contribution < 1.29 is 5.11 Å². The number of aryl methyl sites for hydroxylation is 1. The average Bonchev–Trinajstić information content (AvgIpc) is 2.06. The molecule has 0 aliphatic carbocycles. The van der Waals surface area contributed by atoms with Gasteiger partial charge in [-0.05, 0) is 38.0 Å². The molecular weight excluding hydrogens is 198 g/mol. The van der Waals surface area contributed by atoms with E-state index < -0.39 is 5.54 Å². The standard InChI is InChI=1S/C11H16ClNO/c1-4-7-5-8(12)6-9(10(7)14)11(2,3)13/h5-6,14H,4,13H2,1-3H3. The second kappa shape index (κ2) is 3.79. The summed E-state index contributed by atoms with van der Waals surface area (Å²) in [4.78, 5) is 0. The molecule has 0 aliphatic rings. The number of benzene rings is 1. The highest BCUT2D eigenvalue weighted by Crippen LogP contribution is 2.33. The number of hydrogen-bond acceptors (Lipinski definition) is 2. The minimum Gasteiger partial charge on any atom is -0.507 e. The van der Waals surface area contributed by atoms with Crippen molar-refractivity contribution in [2.24, 2.45) is 5.73 Å². The zero-order chi connectivity index (χ0) is 10.9. The van der Waals surface area contributed by atoms with Gasteiger partial charge in [0.15, 0.2) is 0 Å². The van der Waals surface area contributed by atoms with Gasteiger partial charge < -0.3 is 10.8 Å². The normalized spacial score (nSPS) is 11.8. The van der Waals surface area contributed by atoms with Crippen molar-refractivity contribution >= 4 is 11.6 Å². The van der Waals surface area contributed by atoms with Crippen LogP contribution in [0.1, 0.15) is 31.9 Å². The van der Waals surface area contributed by atoms with Crippen LogP contribution < -0.4 is 5.73 Å². The van der Waals surface area contributed by atoms with Crippen molar-refractivity contribution in [1.29, 1.82) is 0 Å². The fourth-order valence-corrected chi connectivity index (χ4v) is 1.66. The lowest BCUT2D eigenvalue weighted by molar-refractivity contribution is 0.435. The quantitative estimate of drug-likeness (QED) is 0.794. The third kappa shape index (κ3) is 2.20. The maximum absolute atomic E-state index is 9.91. The first-order valence-electron chi connectivity index (χ1n) is 4.67. The van der Waals surface area contributed by atoms with Crippen LogP contribution in [0.2, 0.25) is 5.02 Å². The van der Waals surface area contributed by atoms with Crippen molar-refractivity contribution in [3.63, 3.8) is 0 Å². The predicted octanol–water partition coefficient (Wildman–Crippen LogP) is 2.80. The fraction of sp³-hybridized carbons (Fsp3) is 0.455. The summed E-state index contributed by atoms with van der Waals surface area (Å²) in [6.45, 7) is 5.66. The molecule has 78 valence electrons. The molecule has 0 aromatic heterocycles. The lowest BCUT2D eigenvalue weighted by Crippen LogP contribution is -2.28. The number of phenolic OH excluding ortho intramolecular Hbond substituents is 1. The van der Waals surface area contributed by atoms with Crippen LogP contribution in [0.25, 0.3) is 0 Å². The smallest absolute Gasteiger partial charge is 0.123 e. The molecule has 3 N–H and O–H groups in total. The number of nitrogens with two attached hydrogens (primary N) is 1. The van der Waals surface area contributed by atoms with Gasteiger partial charge in [-0.1, -0.05) is 18.5 Å². The van der Waals surface area contributed by atoms with Gasteiger partial charge in [-0.25, -0.2) is 0 Å². The molecule has 0 saturated carbocycles. The molecule has 0 fully saturated rings. The van der Waals surface area contributed by atoms with E-state index in [0.717, 1.165) is 12.0 Å². The molecule has 0 radical (unpaired) electrons. The highest BCUT2D eigenvalue weighted by atomic mass is 35.5. The Hall–Kier alpha value is -0.730. The minimum absolute atomic E-state index is 0.268. The van der Waals surface area contributed by atoms with E-state index in [9.17, 15) is 5.11 Å². The van der Waals surface area contributed by atoms with Crippen LogP contribution in [0.3, 0.4) is 0 Å². The van der Waals surface area contributed by atoms with Crippen LogP contribution in [-0.4, -0.2) is 5.11 Å². The number of rotatable bonds is 2. The molecule has 0 aliphatic heterocycles. The van der Waals surface area contributed by atoms with Gasteiger partial charge in [0, 0.05) is 16.1 Å². The van der Waals surface area contributed by atoms with Gasteiger partial charge in [0.05, 0.1) is 0 Å². The molecule has 0 saturated heterocycles. The maximum atomic E-state index is 9.91. The Kier molecular flexibility index (Phi) is 3.07. The van der Waals surface area contributed by atoms with E-state index in [-0.39, 0.29) is 5.75 Å². The Morgan fingerprint density at radius 2 is 2.00 bits per heavy atom. The van der Waals surface area contributed by atoms with Crippen molar-refractivity contribution in [2.75, 3.05) is 0 Å². The SMILES string of the molecule is CCc1cc(Cl)cc(C(C)(C)N)c1O. The van der Waals surface area contributed by atoms with Gasteiger partial charge in [-0.2, -0.15) is 0 Å². The minimum atomic E-state index is -0.571. The van der Waals surface area contributed by atoms with E-state index in [1.54, 1.807) is 12.1 Å². The molecule has 1 aromatic rings. The number of aromatic hydroxyl groups is 1. The summed E-state index contributed by atoms with van der Waals surface area (Å²) >= 11 is 5.94. The van der Waals surface area contributed by atoms with Crippen molar-refractivity contribution in [2.45, 2.75) is 32.7 Å². The van der Waals surface area contributed by atoms with Crippen LogP contribution in [0.5, 0.6) is 5.75 Å². The third-order valence-corrected chi connectivity index (χ3v) is 2.45. The first kappa shape index (κ1) is 11.3. The summed E-state index contributed by atoms with van der Waals surface area (Å²) in [7, 11) is 0. The Morgan fingerprint density at radius 1 is 1.43 bits per heavy atom. The first-order chi connectivity index (χ1) is 6.36. The van der Waals surface area contributed by atoms with Crippen molar-refractivity contribution in [3.8, 4) is 5.75 Å². The molecule has 3 heteroatoms. The summed E-state index contributed by atoms with van der Waals surface area (Å²) in [6.07, 6.45) is 0.746. The number of hydrogen-bond donors (Lipinski definition) is 2. The second-order valence-electron chi connectivity index (χ2n) is 4.04. The monoisotopic (exact) mass is 213 g/mol. The molecule has 0 bridgehead atoms. The van der Waals surface area contributed by atoms with Crippen molar-refractivity contribution in [3.05, 3.63) is 28.3 Å². The Bertz CT molecular complexity index is 342. The van der Waals surface area contributed by atoms with Gasteiger partial charge in [0.1, 0.15) is 5.75 Å². The molecule has 0 atom stereocenters. The van der Waals surface area contributed by atoms with E-state index in [1.165, 1.54) is 0 Å². The van der Waals surface area contributed by atoms with E-state index in [1.807, 2.05) is 20.8 Å². The highest BCUT2D eigenvalue weighted by molar-refractivity contribution is 6.30. The first-order valence-corrected chi connectivity index (χ1v) is 5.04. The Labute approximate surface area is 89.7 Å². The maximum Gasteiger partial charge on any atom is 0.123 e. The molecule has 0 spiro atoms. The van der Waals surface area contributed by atoms with Gasteiger partial charge in [0.2, 0.25) is 0 Å². The molecule has 1 aromatic carbocycles. The van der Waals surface area contributed by atoms with Crippen LogP contribution >= 0.6 is 11.6 Å². The lowest BCUT2D eigenvalue weighted by atomic mass is 9.92. The van der Waals surface area contributed by atoms with E-state index in [0.29, 0.717) is 10.6 Å². The van der Waals surface area contributed by atoms with Gasteiger partial charge >= 0.3 is 0 Å². The van der Waals surface area contributed by atoms with Crippen LogP contribution in [0.4, 0.5) is 0 Å². The summed E-state index contributed by atoms with van der Waals surface area (Å²) in [6, 6.07) is 3.49.